The number of anilines is 1. The third-order valence-corrected chi connectivity index (χ3v) is 3.22. The van der Waals surface area contributed by atoms with E-state index in [1.165, 1.54) is 6.20 Å². The molecule has 104 valence electrons. The van der Waals surface area contributed by atoms with Crippen LogP contribution in [-0.4, -0.2) is 10.9 Å². The Balaban J connectivity index is 2.18. The number of aryl methyl sites for hydroxylation is 1. The summed E-state index contributed by atoms with van der Waals surface area (Å²) in [5.74, 6) is 5.19. The number of hydrogen-bond acceptors (Lipinski definition) is 4. The number of benzene rings is 1. The molecule has 0 radical (unpaired) electrons. The molecule has 1 aromatic heterocycles. The number of hydrazine groups is 1. The lowest BCUT2D eigenvalue weighted by Crippen LogP contribution is -2.28. The highest BCUT2D eigenvalue weighted by Gasteiger charge is 2.15. The number of nitrogens with one attached hydrogen (secondary N) is 2. The number of rotatable bonds is 4. The molecular formula is C15H18N4O. The van der Waals surface area contributed by atoms with Crippen molar-refractivity contribution in [2.45, 2.75) is 19.9 Å². The van der Waals surface area contributed by atoms with Crippen LogP contribution in [0.1, 0.15) is 34.5 Å². The average molecular weight is 270 g/mol. The van der Waals surface area contributed by atoms with Gasteiger partial charge in [0.2, 0.25) is 0 Å². The SMILES string of the molecule is Cc1ccccc1C(C)NC(=O)c1cnccc1NN. The maximum absolute atomic E-state index is 12.3. The van der Waals surface area contributed by atoms with Gasteiger partial charge >= 0.3 is 0 Å². The molecule has 2 aromatic rings. The molecule has 0 aliphatic rings. The molecule has 2 rings (SSSR count). The highest BCUT2D eigenvalue weighted by Crippen LogP contribution is 2.18. The van der Waals surface area contributed by atoms with Gasteiger partial charge in [0.1, 0.15) is 0 Å². The third kappa shape index (κ3) is 2.95. The van der Waals surface area contributed by atoms with E-state index in [1.807, 2.05) is 38.1 Å². The molecule has 0 aliphatic heterocycles. The number of carbonyl (C=O) groups is 1. The van der Waals surface area contributed by atoms with E-state index in [1.54, 1.807) is 12.3 Å². The van der Waals surface area contributed by atoms with Crippen LogP contribution in [0.15, 0.2) is 42.7 Å². The van der Waals surface area contributed by atoms with Crippen molar-refractivity contribution in [1.82, 2.24) is 10.3 Å². The average Bonchev–Trinajstić information content (AvgIpc) is 2.47. The van der Waals surface area contributed by atoms with Gasteiger partial charge in [-0.3, -0.25) is 15.6 Å². The van der Waals surface area contributed by atoms with Crippen LogP contribution in [-0.2, 0) is 0 Å². The molecular weight excluding hydrogens is 252 g/mol. The Morgan fingerprint density at radius 3 is 2.75 bits per heavy atom. The number of hydrogen-bond donors (Lipinski definition) is 3. The fraction of sp³-hybridized carbons (Fsp3) is 0.200. The van der Waals surface area contributed by atoms with Crippen LogP contribution in [0.2, 0.25) is 0 Å². The topological polar surface area (TPSA) is 80.0 Å². The summed E-state index contributed by atoms with van der Waals surface area (Å²) >= 11 is 0. The van der Waals surface area contributed by atoms with Crippen LogP contribution in [0.25, 0.3) is 0 Å². The normalized spacial score (nSPS) is 11.8. The van der Waals surface area contributed by atoms with Gasteiger partial charge in [0.05, 0.1) is 17.3 Å². The fourth-order valence-corrected chi connectivity index (χ4v) is 2.13. The van der Waals surface area contributed by atoms with E-state index in [0.717, 1.165) is 11.1 Å². The van der Waals surface area contributed by atoms with Crippen molar-refractivity contribution >= 4 is 11.6 Å². The van der Waals surface area contributed by atoms with Gasteiger partial charge in [-0.25, -0.2) is 0 Å². The smallest absolute Gasteiger partial charge is 0.255 e. The van der Waals surface area contributed by atoms with Gasteiger partial charge in [0.25, 0.3) is 5.91 Å². The van der Waals surface area contributed by atoms with E-state index >= 15 is 0 Å². The van der Waals surface area contributed by atoms with Crippen molar-refractivity contribution in [3.05, 3.63) is 59.4 Å². The van der Waals surface area contributed by atoms with Crippen LogP contribution in [0, 0.1) is 6.92 Å². The summed E-state index contributed by atoms with van der Waals surface area (Å²) in [5, 5.41) is 2.95. The van der Waals surface area contributed by atoms with Gasteiger partial charge < -0.3 is 10.7 Å². The van der Waals surface area contributed by atoms with Gasteiger partial charge in [0.15, 0.2) is 0 Å². The molecule has 0 saturated heterocycles. The number of aromatic nitrogens is 1. The zero-order valence-electron chi connectivity index (χ0n) is 11.6. The Morgan fingerprint density at radius 2 is 2.05 bits per heavy atom. The first-order valence-electron chi connectivity index (χ1n) is 6.40. The quantitative estimate of drug-likeness (QED) is 0.587. The first-order chi connectivity index (χ1) is 9.63. The second-order valence-corrected chi connectivity index (χ2v) is 4.62. The van der Waals surface area contributed by atoms with Crippen LogP contribution in [0.3, 0.4) is 0 Å². The Morgan fingerprint density at radius 1 is 1.30 bits per heavy atom. The van der Waals surface area contributed by atoms with Crippen LogP contribution >= 0.6 is 0 Å². The molecule has 1 heterocycles. The van der Waals surface area contributed by atoms with Crippen molar-refractivity contribution in [3.63, 3.8) is 0 Å². The highest BCUT2D eigenvalue weighted by molar-refractivity contribution is 5.99. The van der Waals surface area contributed by atoms with E-state index in [9.17, 15) is 4.79 Å². The Hall–Kier alpha value is -2.40. The molecule has 4 N–H and O–H groups in total. The zero-order chi connectivity index (χ0) is 14.5. The van der Waals surface area contributed by atoms with Gasteiger partial charge in [-0.05, 0) is 31.0 Å². The minimum Gasteiger partial charge on any atom is -0.345 e. The standard InChI is InChI=1S/C15H18N4O/c1-10-5-3-4-6-12(10)11(2)18-15(20)13-9-17-8-7-14(13)19-16/h3-9,11H,16H2,1-2H3,(H,17,19)(H,18,20). The molecule has 0 spiro atoms. The van der Waals surface area contributed by atoms with E-state index in [-0.39, 0.29) is 11.9 Å². The number of nitrogen functional groups attached to an aromatic ring is 1. The lowest BCUT2D eigenvalue weighted by atomic mass is 10.0. The van der Waals surface area contributed by atoms with Gasteiger partial charge in [-0.2, -0.15) is 0 Å². The van der Waals surface area contributed by atoms with Gasteiger partial charge in [0, 0.05) is 12.4 Å². The summed E-state index contributed by atoms with van der Waals surface area (Å²) in [6.45, 7) is 3.97. The Labute approximate surface area is 118 Å². The van der Waals surface area contributed by atoms with Crippen LogP contribution in [0.5, 0.6) is 0 Å². The van der Waals surface area contributed by atoms with Crippen LogP contribution < -0.4 is 16.6 Å². The lowest BCUT2D eigenvalue weighted by molar-refractivity contribution is 0.0940. The first-order valence-corrected chi connectivity index (χ1v) is 6.40. The third-order valence-electron chi connectivity index (χ3n) is 3.22. The summed E-state index contributed by atoms with van der Waals surface area (Å²) in [6, 6.07) is 9.54. The number of amides is 1. The summed E-state index contributed by atoms with van der Waals surface area (Å²) in [6.07, 6.45) is 3.08. The molecule has 1 unspecified atom stereocenters. The summed E-state index contributed by atoms with van der Waals surface area (Å²) < 4.78 is 0. The second kappa shape index (κ2) is 6.16. The molecule has 1 atom stereocenters. The molecule has 5 heteroatoms. The fourth-order valence-electron chi connectivity index (χ4n) is 2.13. The zero-order valence-corrected chi connectivity index (χ0v) is 11.6. The van der Waals surface area contributed by atoms with Gasteiger partial charge in [-0.1, -0.05) is 24.3 Å². The van der Waals surface area contributed by atoms with Crippen molar-refractivity contribution in [1.29, 1.82) is 0 Å². The highest BCUT2D eigenvalue weighted by atomic mass is 16.1. The lowest BCUT2D eigenvalue weighted by Gasteiger charge is -2.17. The largest absolute Gasteiger partial charge is 0.345 e. The minimum absolute atomic E-state index is 0.0884. The monoisotopic (exact) mass is 270 g/mol. The summed E-state index contributed by atoms with van der Waals surface area (Å²) in [5.41, 5.74) is 5.71. The maximum atomic E-state index is 12.3. The van der Waals surface area contributed by atoms with Crippen molar-refractivity contribution < 1.29 is 4.79 Å². The number of carbonyl (C=O) groups excluding carboxylic acids is 1. The maximum Gasteiger partial charge on any atom is 0.255 e. The summed E-state index contributed by atoms with van der Waals surface area (Å²) in [7, 11) is 0. The van der Waals surface area contributed by atoms with E-state index in [0.29, 0.717) is 11.3 Å². The predicted molar refractivity (Wildman–Crippen MR) is 79.1 cm³/mol. The molecule has 5 nitrogen and oxygen atoms in total. The Bertz CT molecular complexity index is 612. The van der Waals surface area contributed by atoms with E-state index < -0.39 is 0 Å². The molecule has 0 bridgehead atoms. The van der Waals surface area contributed by atoms with Gasteiger partial charge in [-0.15, -0.1) is 0 Å². The van der Waals surface area contributed by atoms with Crippen LogP contribution in [0.4, 0.5) is 5.69 Å². The molecule has 0 aliphatic carbocycles. The first kappa shape index (κ1) is 14.0. The van der Waals surface area contributed by atoms with Crippen molar-refractivity contribution in [3.8, 4) is 0 Å². The van der Waals surface area contributed by atoms with E-state index in [4.69, 9.17) is 5.84 Å². The summed E-state index contributed by atoms with van der Waals surface area (Å²) in [4.78, 5) is 16.2. The number of nitrogens with zero attached hydrogens (tertiary/aromatic N) is 1. The second-order valence-electron chi connectivity index (χ2n) is 4.62. The van der Waals surface area contributed by atoms with E-state index in [2.05, 4.69) is 15.7 Å². The molecule has 1 aromatic carbocycles. The number of nitrogens with two attached hydrogens (primary N) is 1. The van der Waals surface area contributed by atoms with Crippen molar-refractivity contribution in [2.75, 3.05) is 5.43 Å². The molecule has 0 fully saturated rings. The molecule has 20 heavy (non-hydrogen) atoms. The minimum atomic E-state index is -0.207. The predicted octanol–water partition coefficient (Wildman–Crippen LogP) is 2.17. The number of pyridine rings is 1. The molecule has 1 amide bonds. The molecule has 0 saturated carbocycles. The Kier molecular flexibility index (Phi) is 4.32. The van der Waals surface area contributed by atoms with Crippen molar-refractivity contribution in [2.24, 2.45) is 5.84 Å².